The lowest BCUT2D eigenvalue weighted by Crippen LogP contribution is -2.17. The zero-order chi connectivity index (χ0) is 27.0. The number of pyridine rings is 1. The fourth-order valence-corrected chi connectivity index (χ4v) is 6.04. The third-order valence-corrected chi connectivity index (χ3v) is 8.34. The second kappa shape index (κ2) is 9.93. The molecule has 200 valence electrons. The molecule has 1 aliphatic heterocycles. The molecule has 1 spiro atoms. The minimum Gasteiger partial charge on any atom is -0.493 e. The van der Waals surface area contributed by atoms with Crippen LogP contribution in [0.3, 0.4) is 0 Å². The minimum absolute atomic E-state index is 0.0478. The number of ether oxygens (including phenoxy) is 2. The largest absolute Gasteiger partial charge is 0.493 e. The van der Waals surface area contributed by atoms with Gasteiger partial charge in [0.25, 0.3) is 0 Å². The molecular formula is C31H33N5O3. The Morgan fingerprint density at radius 1 is 1.05 bits per heavy atom. The molecule has 2 fully saturated rings. The molecule has 39 heavy (non-hydrogen) atoms. The van der Waals surface area contributed by atoms with Crippen molar-refractivity contribution in [3.63, 3.8) is 0 Å². The molecule has 2 aromatic heterocycles. The number of carbonyl (C=O) groups excluding carboxylic acids is 1. The number of anilines is 1. The van der Waals surface area contributed by atoms with E-state index in [9.17, 15) is 4.79 Å². The molecule has 8 nitrogen and oxygen atoms in total. The van der Waals surface area contributed by atoms with Crippen LogP contribution in [0, 0.1) is 5.41 Å². The molecule has 2 N–H and O–H groups in total. The highest BCUT2D eigenvalue weighted by molar-refractivity contribution is 5.92. The molecule has 2 aromatic carbocycles. The molecule has 4 aromatic rings. The van der Waals surface area contributed by atoms with Crippen LogP contribution in [0.1, 0.15) is 38.2 Å². The van der Waals surface area contributed by atoms with E-state index in [2.05, 4.69) is 57.9 Å². The van der Waals surface area contributed by atoms with Crippen LogP contribution in [0.25, 0.3) is 22.4 Å². The molecule has 3 atom stereocenters. The number of hydrogen-bond acceptors (Lipinski definition) is 7. The van der Waals surface area contributed by atoms with E-state index in [1.807, 2.05) is 24.3 Å². The van der Waals surface area contributed by atoms with Gasteiger partial charge in [-0.05, 0) is 60.9 Å². The number of para-hydroxylation sites is 1. The van der Waals surface area contributed by atoms with E-state index in [1.165, 1.54) is 12.0 Å². The second-order valence-electron chi connectivity index (χ2n) is 10.8. The Balaban J connectivity index is 1.08. The Kier molecular flexibility index (Phi) is 6.43. The van der Waals surface area contributed by atoms with E-state index >= 15 is 0 Å². The Morgan fingerprint density at radius 2 is 1.90 bits per heavy atom. The molecule has 2 aliphatic rings. The van der Waals surface area contributed by atoms with Gasteiger partial charge in [0.1, 0.15) is 11.3 Å². The normalized spacial score (nSPS) is 23.0. The van der Waals surface area contributed by atoms with E-state index in [4.69, 9.17) is 14.5 Å². The summed E-state index contributed by atoms with van der Waals surface area (Å²) in [6.07, 6.45) is 6.67. The maximum atomic E-state index is 12.9. The topological polar surface area (TPSA) is 108 Å². The first-order valence-electron chi connectivity index (χ1n) is 13.4. The third kappa shape index (κ3) is 4.81. The number of nitrogens with one attached hydrogen (secondary N) is 2. The number of hydrogen-bond donors (Lipinski definition) is 2. The van der Waals surface area contributed by atoms with Crippen LogP contribution in [0.15, 0.2) is 66.9 Å². The lowest BCUT2D eigenvalue weighted by Gasteiger charge is -2.12. The lowest BCUT2D eigenvalue weighted by molar-refractivity contribution is -0.116. The first-order valence-corrected chi connectivity index (χ1v) is 13.4. The number of amides is 1. The summed E-state index contributed by atoms with van der Waals surface area (Å²) in [4.78, 5) is 26.7. The predicted octanol–water partition coefficient (Wildman–Crippen LogP) is 5.18. The van der Waals surface area contributed by atoms with Gasteiger partial charge in [0.2, 0.25) is 5.91 Å². The van der Waals surface area contributed by atoms with Crippen molar-refractivity contribution in [3.8, 4) is 22.8 Å². The molecular weight excluding hydrogens is 490 g/mol. The molecule has 1 saturated carbocycles. The van der Waals surface area contributed by atoms with Gasteiger partial charge in [-0.1, -0.05) is 43.3 Å². The summed E-state index contributed by atoms with van der Waals surface area (Å²) in [6, 6.07) is 20.0. The number of carbonyl (C=O) groups is 1. The summed E-state index contributed by atoms with van der Waals surface area (Å²) in [5.74, 6) is 1.61. The number of rotatable bonds is 10. The van der Waals surface area contributed by atoms with Crippen molar-refractivity contribution in [1.29, 1.82) is 0 Å². The number of nitrogens with zero attached hydrogens (tertiary/aromatic N) is 3. The van der Waals surface area contributed by atoms with Crippen molar-refractivity contribution in [1.82, 2.24) is 20.3 Å². The number of benzene rings is 2. The zero-order valence-electron chi connectivity index (χ0n) is 22.5. The highest BCUT2D eigenvalue weighted by atomic mass is 16.5. The summed E-state index contributed by atoms with van der Waals surface area (Å²) in [6.45, 7) is 2.35. The fraction of sp³-hybridized carbons (Fsp3) is 0.355. The molecule has 1 aliphatic carbocycles. The number of fused-ring (bicyclic) bond motifs is 1. The van der Waals surface area contributed by atoms with Crippen molar-refractivity contribution in [3.05, 3.63) is 72.4 Å². The highest BCUT2D eigenvalue weighted by Gasteiger charge is 2.76. The Bertz CT molecular complexity index is 1530. The second-order valence-corrected chi connectivity index (χ2v) is 10.8. The number of methoxy groups -OCH3 is 2. The molecule has 3 unspecified atom stereocenters. The maximum Gasteiger partial charge on any atom is 0.227 e. The summed E-state index contributed by atoms with van der Waals surface area (Å²) >= 11 is 0. The van der Waals surface area contributed by atoms with E-state index in [1.54, 1.807) is 26.5 Å². The van der Waals surface area contributed by atoms with Gasteiger partial charge < -0.3 is 20.1 Å². The van der Waals surface area contributed by atoms with Gasteiger partial charge in [0.05, 0.1) is 26.1 Å². The van der Waals surface area contributed by atoms with Gasteiger partial charge >= 0.3 is 0 Å². The number of aryl methyl sites for hydroxylation is 1. The average molecular weight is 524 g/mol. The van der Waals surface area contributed by atoms with Gasteiger partial charge in [0, 0.05) is 23.6 Å². The standard InChI is InChI=1S/C31H33N5O3/c1-30(16-8-11-20-9-5-4-6-10-20)19-31(30)25(36-31)17-27(37)34-26-15-14-22-29(35-26)33-23(18-32-22)21-12-7-13-24(38-2)28(21)39-3/h4-7,9-10,12-15,18,25,36H,8,11,16-17,19H2,1-3H3,(H,33,34,35,37). The van der Waals surface area contributed by atoms with Crippen LogP contribution in [0.5, 0.6) is 11.5 Å². The van der Waals surface area contributed by atoms with E-state index in [0.717, 1.165) is 24.8 Å². The maximum absolute atomic E-state index is 12.9. The Hall–Kier alpha value is -4.04. The van der Waals surface area contributed by atoms with Gasteiger partial charge in [-0.15, -0.1) is 0 Å². The average Bonchev–Trinajstić information content (AvgIpc) is 3.81. The van der Waals surface area contributed by atoms with Gasteiger partial charge in [-0.2, -0.15) is 0 Å². The quantitative estimate of drug-likeness (QED) is 0.276. The van der Waals surface area contributed by atoms with Crippen LogP contribution in [-0.2, 0) is 11.2 Å². The van der Waals surface area contributed by atoms with Crippen molar-refractivity contribution in [2.45, 2.75) is 50.6 Å². The van der Waals surface area contributed by atoms with Crippen molar-refractivity contribution < 1.29 is 14.3 Å². The first kappa shape index (κ1) is 25.2. The van der Waals surface area contributed by atoms with E-state index in [0.29, 0.717) is 40.6 Å². The molecule has 1 amide bonds. The van der Waals surface area contributed by atoms with Crippen LogP contribution in [-0.4, -0.2) is 46.7 Å². The van der Waals surface area contributed by atoms with Gasteiger partial charge in [-0.3, -0.25) is 9.78 Å². The lowest BCUT2D eigenvalue weighted by atomic mass is 9.95. The third-order valence-electron chi connectivity index (χ3n) is 8.34. The van der Waals surface area contributed by atoms with Crippen LogP contribution in [0.4, 0.5) is 5.82 Å². The molecule has 0 bridgehead atoms. The monoisotopic (exact) mass is 523 g/mol. The van der Waals surface area contributed by atoms with E-state index in [-0.39, 0.29) is 22.9 Å². The van der Waals surface area contributed by atoms with Crippen LogP contribution >= 0.6 is 0 Å². The van der Waals surface area contributed by atoms with Gasteiger partial charge in [0.15, 0.2) is 17.1 Å². The highest BCUT2D eigenvalue weighted by Crippen LogP contribution is 2.68. The Labute approximate surface area is 228 Å². The van der Waals surface area contributed by atoms with Crippen molar-refractivity contribution in [2.24, 2.45) is 5.41 Å². The molecule has 3 heterocycles. The van der Waals surface area contributed by atoms with Crippen LogP contribution < -0.4 is 20.1 Å². The Morgan fingerprint density at radius 3 is 2.69 bits per heavy atom. The zero-order valence-corrected chi connectivity index (χ0v) is 22.5. The number of aromatic nitrogens is 3. The smallest absolute Gasteiger partial charge is 0.227 e. The van der Waals surface area contributed by atoms with Gasteiger partial charge in [-0.25, -0.2) is 9.97 Å². The van der Waals surface area contributed by atoms with Crippen LogP contribution in [0.2, 0.25) is 0 Å². The minimum atomic E-state index is -0.0478. The molecule has 6 rings (SSSR count). The summed E-state index contributed by atoms with van der Waals surface area (Å²) in [7, 11) is 3.19. The molecule has 8 heteroatoms. The predicted molar refractivity (Wildman–Crippen MR) is 151 cm³/mol. The van der Waals surface area contributed by atoms with E-state index < -0.39 is 0 Å². The summed E-state index contributed by atoms with van der Waals surface area (Å²) < 4.78 is 11.0. The first-order chi connectivity index (χ1) is 18.9. The SMILES string of the molecule is COc1cccc(-c2cnc3ccc(NC(=O)CC4NC45CC5(C)CCCc4ccccc4)nc3n2)c1OC. The molecule has 1 saturated heterocycles. The molecule has 0 radical (unpaired) electrons. The fourth-order valence-electron chi connectivity index (χ4n) is 6.04. The summed E-state index contributed by atoms with van der Waals surface area (Å²) in [5.41, 5.74) is 4.23. The van der Waals surface area contributed by atoms with Crippen molar-refractivity contribution >= 4 is 22.9 Å². The van der Waals surface area contributed by atoms with Crippen molar-refractivity contribution in [2.75, 3.05) is 19.5 Å². The summed E-state index contributed by atoms with van der Waals surface area (Å²) in [5, 5.41) is 6.59.